The van der Waals surface area contributed by atoms with Gasteiger partial charge >= 0.3 is 5.97 Å². The Morgan fingerprint density at radius 2 is 1.64 bits per heavy atom. The van der Waals surface area contributed by atoms with Crippen molar-refractivity contribution < 1.29 is 9.90 Å². The van der Waals surface area contributed by atoms with Crippen LogP contribution in [-0.4, -0.2) is 17.1 Å². The minimum absolute atomic E-state index is 0.0749. The fraction of sp³-hybridized carbons (Fsp3) is 0.190. The molecule has 0 radical (unpaired) electrons. The number of carboxylic acid groups (broad SMARTS) is 1. The van der Waals surface area contributed by atoms with E-state index in [0.717, 1.165) is 27.7 Å². The second kappa shape index (κ2) is 7.26. The average Bonchev–Trinajstić information content (AvgIpc) is 2.61. The van der Waals surface area contributed by atoms with Crippen molar-refractivity contribution >= 4 is 28.1 Å². The van der Waals surface area contributed by atoms with E-state index in [1.165, 1.54) is 0 Å². The van der Waals surface area contributed by atoms with Crippen molar-refractivity contribution in [3.8, 4) is 0 Å². The van der Waals surface area contributed by atoms with Gasteiger partial charge in [0.05, 0.1) is 6.42 Å². The molecule has 128 valence electrons. The van der Waals surface area contributed by atoms with E-state index >= 15 is 0 Å². The summed E-state index contributed by atoms with van der Waals surface area (Å²) in [6.07, 6.45) is 0.0749. The number of fused-ring (bicyclic) bond motifs is 1. The Morgan fingerprint density at radius 3 is 2.32 bits per heavy atom. The quantitative estimate of drug-likeness (QED) is 0.660. The highest BCUT2D eigenvalue weighted by molar-refractivity contribution is 6.01. The molecule has 1 unspecified atom stereocenters. The smallest absolute Gasteiger partial charge is 0.305 e. The Kier molecular flexibility index (Phi) is 4.89. The van der Waals surface area contributed by atoms with Crippen molar-refractivity contribution in [1.29, 1.82) is 0 Å². The van der Waals surface area contributed by atoms with Gasteiger partial charge in [-0.05, 0) is 24.6 Å². The van der Waals surface area contributed by atoms with Crippen LogP contribution in [0.5, 0.6) is 0 Å². The van der Waals surface area contributed by atoms with Crippen LogP contribution in [0.2, 0.25) is 0 Å². The first kappa shape index (κ1) is 16.8. The second-order valence-corrected chi connectivity index (χ2v) is 6.28. The molecule has 4 nitrogen and oxygen atoms in total. The molecule has 0 aliphatic rings. The van der Waals surface area contributed by atoms with Gasteiger partial charge in [-0.15, -0.1) is 0 Å². The standard InChI is InChI=1S/C21H22N2O2/c1-15(13-21(24)25)23(14-16-7-3-2-4-8-16)20-12-11-19(22)17-9-5-6-10-18(17)20/h2-12,15H,13-14,22H2,1H3,(H,24,25). The molecular formula is C21H22N2O2. The topological polar surface area (TPSA) is 66.6 Å². The lowest BCUT2D eigenvalue weighted by molar-refractivity contribution is -0.137. The molecular weight excluding hydrogens is 312 g/mol. The SMILES string of the molecule is CC(CC(=O)O)N(Cc1ccccc1)c1ccc(N)c2ccccc12. The van der Waals surface area contributed by atoms with Gasteiger partial charge in [0.2, 0.25) is 0 Å². The minimum Gasteiger partial charge on any atom is -0.481 e. The molecule has 1 atom stereocenters. The van der Waals surface area contributed by atoms with Crippen LogP contribution >= 0.6 is 0 Å². The van der Waals surface area contributed by atoms with E-state index < -0.39 is 5.97 Å². The average molecular weight is 334 g/mol. The predicted octanol–water partition coefficient (Wildman–Crippen LogP) is 4.29. The van der Waals surface area contributed by atoms with Gasteiger partial charge in [0.25, 0.3) is 0 Å². The highest BCUT2D eigenvalue weighted by atomic mass is 16.4. The number of hydrogen-bond donors (Lipinski definition) is 2. The zero-order valence-electron chi connectivity index (χ0n) is 14.2. The summed E-state index contributed by atoms with van der Waals surface area (Å²) in [6, 6.07) is 21.8. The summed E-state index contributed by atoms with van der Waals surface area (Å²) in [4.78, 5) is 13.4. The Labute approximate surface area is 147 Å². The van der Waals surface area contributed by atoms with Gasteiger partial charge in [0.15, 0.2) is 0 Å². The molecule has 3 aromatic carbocycles. The van der Waals surface area contributed by atoms with Crippen LogP contribution in [-0.2, 0) is 11.3 Å². The van der Waals surface area contributed by atoms with Crippen molar-refractivity contribution in [2.24, 2.45) is 0 Å². The normalized spacial score (nSPS) is 12.0. The third-order valence-electron chi connectivity index (χ3n) is 4.44. The Morgan fingerprint density at radius 1 is 1.00 bits per heavy atom. The lowest BCUT2D eigenvalue weighted by Gasteiger charge is -2.32. The summed E-state index contributed by atoms with van der Waals surface area (Å²) >= 11 is 0. The molecule has 3 aromatic rings. The van der Waals surface area contributed by atoms with E-state index in [4.69, 9.17) is 5.73 Å². The number of carboxylic acids is 1. The van der Waals surface area contributed by atoms with Crippen LogP contribution in [0.3, 0.4) is 0 Å². The van der Waals surface area contributed by atoms with Crippen LogP contribution in [0.25, 0.3) is 10.8 Å². The molecule has 0 amide bonds. The summed E-state index contributed by atoms with van der Waals surface area (Å²) in [7, 11) is 0. The van der Waals surface area contributed by atoms with Crippen LogP contribution in [0.4, 0.5) is 11.4 Å². The number of benzene rings is 3. The molecule has 25 heavy (non-hydrogen) atoms. The Balaban J connectivity index is 2.08. The summed E-state index contributed by atoms with van der Waals surface area (Å²) in [6.45, 7) is 2.59. The zero-order chi connectivity index (χ0) is 17.8. The first-order valence-corrected chi connectivity index (χ1v) is 8.36. The van der Waals surface area contributed by atoms with Crippen molar-refractivity contribution in [3.63, 3.8) is 0 Å². The van der Waals surface area contributed by atoms with Crippen molar-refractivity contribution in [3.05, 3.63) is 72.3 Å². The Bertz CT molecular complexity index is 877. The fourth-order valence-electron chi connectivity index (χ4n) is 3.18. The van der Waals surface area contributed by atoms with E-state index in [2.05, 4.69) is 17.0 Å². The number of rotatable bonds is 6. The molecule has 3 N–H and O–H groups in total. The zero-order valence-corrected chi connectivity index (χ0v) is 14.2. The highest BCUT2D eigenvalue weighted by Gasteiger charge is 2.20. The van der Waals surface area contributed by atoms with Gasteiger partial charge < -0.3 is 15.7 Å². The number of aliphatic carboxylic acids is 1. The third kappa shape index (κ3) is 3.74. The van der Waals surface area contributed by atoms with Crippen LogP contribution in [0.1, 0.15) is 18.9 Å². The van der Waals surface area contributed by atoms with E-state index in [0.29, 0.717) is 6.54 Å². The van der Waals surface area contributed by atoms with Crippen LogP contribution in [0.15, 0.2) is 66.7 Å². The van der Waals surface area contributed by atoms with Crippen molar-refractivity contribution in [2.75, 3.05) is 10.6 Å². The number of nitrogens with zero attached hydrogens (tertiary/aromatic N) is 1. The maximum absolute atomic E-state index is 11.3. The molecule has 0 saturated heterocycles. The lowest BCUT2D eigenvalue weighted by atomic mass is 10.0. The molecule has 0 aliphatic carbocycles. The van der Waals surface area contributed by atoms with Gasteiger partial charge in [-0.1, -0.05) is 54.6 Å². The van der Waals surface area contributed by atoms with Crippen LogP contribution in [0, 0.1) is 0 Å². The van der Waals surface area contributed by atoms with Gasteiger partial charge in [0, 0.05) is 34.7 Å². The largest absolute Gasteiger partial charge is 0.481 e. The van der Waals surface area contributed by atoms with Gasteiger partial charge in [-0.25, -0.2) is 0 Å². The number of nitrogen functional groups attached to an aromatic ring is 1. The minimum atomic E-state index is -0.801. The first-order valence-electron chi connectivity index (χ1n) is 8.36. The van der Waals surface area contributed by atoms with E-state index in [-0.39, 0.29) is 12.5 Å². The summed E-state index contributed by atoms with van der Waals surface area (Å²) in [5.41, 5.74) is 8.99. The highest BCUT2D eigenvalue weighted by Crippen LogP contribution is 2.33. The third-order valence-corrected chi connectivity index (χ3v) is 4.44. The molecule has 0 fully saturated rings. The summed E-state index contributed by atoms with van der Waals surface area (Å²) < 4.78 is 0. The van der Waals surface area contributed by atoms with E-state index in [9.17, 15) is 9.90 Å². The maximum atomic E-state index is 11.3. The van der Waals surface area contributed by atoms with E-state index in [1.54, 1.807) is 0 Å². The van der Waals surface area contributed by atoms with Gasteiger partial charge in [-0.3, -0.25) is 4.79 Å². The molecule has 0 aliphatic heterocycles. The number of hydrogen-bond acceptors (Lipinski definition) is 3. The molecule has 0 bridgehead atoms. The van der Waals surface area contributed by atoms with Crippen molar-refractivity contribution in [1.82, 2.24) is 0 Å². The first-order chi connectivity index (χ1) is 12.1. The monoisotopic (exact) mass is 334 g/mol. The summed E-state index contributed by atoms with van der Waals surface area (Å²) in [5, 5.41) is 11.3. The number of nitrogens with two attached hydrogens (primary N) is 1. The van der Waals surface area contributed by atoms with Crippen molar-refractivity contribution in [2.45, 2.75) is 25.9 Å². The Hall–Kier alpha value is -3.01. The lowest BCUT2D eigenvalue weighted by Crippen LogP contribution is -2.34. The molecule has 0 saturated carbocycles. The number of carbonyl (C=O) groups is 1. The second-order valence-electron chi connectivity index (χ2n) is 6.28. The molecule has 4 heteroatoms. The molecule has 0 spiro atoms. The van der Waals surface area contributed by atoms with E-state index in [1.807, 2.05) is 61.5 Å². The van der Waals surface area contributed by atoms with Gasteiger partial charge in [-0.2, -0.15) is 0 Å². The molecule has 0 heterocycles. The van der Waals surface area contributed by atoms with Gasteiger partial charge in [0.1, 0.15) is 0 Å². The van der Waals surface area contributed by atoms with Crippen LogP contribution < -0.4 is 10.6 Å². The molecule has 0 aromatic heterocycles. The maximum Gasteiger partial charge on any atom is 0.305 e. The predicted molar refractivity (Wildman–Crippen MR) is 103 cm³/mol. The molecule has 3 rings (SSSR count). The number of anilines is 2. The summed E-state index contributed by atoms with van der Waals surface area (Å²) in [5.74, 6) is -0.801. The fourth-order valence-corrected chi connectivity index (χ4v) is 3.18.